The maximum Gasteiger partial charge on any atom is 0.321 e. The predicted octanol–water partition coefficient (Wildman–Crippen LogP) is 1.52. The Morgan fingerprint density at radius 2 is 2.28 bits per heavy atom. The third-order valence-electron chi connectivity index (χ3n) is 2.74. The summed E-state index contributed by atoms with van der Waals surface area (Å²) in [6, 6.07) is 3.99. The minimum Gasteiger partial charge on any atom is -0.494 e. The van der Waals surface area contributed by atoms with Crippen molar-refractivity contribution < 1.29 is 14.5 Å². The zero-order valence-corrected chi connectivity index (χ0v) is 9.88. The molecule has 0 saturated carbocycles. The molecule has 1 aromatic carbocycles. The number of nitro benzene ring substituents is 1. The maximum absolute atomic E-state index is 11.7. The molecule has 0 spiro atoms. The normalized spacial score (nSPS) is 15.2. The molecule has 96 valence electrons. The number of nitro groups is 1. The van der Waals surface area contributed by atoms with Crippen molar-refractivity contribution in [3.05, 3.63) is 28.3 Å². The summed E-state index contributed by atoms with van der Waals surface area (Å²) in [5.74, 6) is 0.321. The zero-order valence-electron chi connectivity index (χ0n) is 9.88. The number of ether oxygens (including phenoxy) is 1. The molecular formula is C11H13N3O4. The molecule has 7 heteroatoms. The maximum atomic E-state index is 11.7. The number of anilines is 1. The second kappa shape index (κ2) is 4.91. The number of carbonyl (C=O) groups is 1. The quantitative estimate of drug-likeness (QED) is 0.652. The van der Waals surface area contributed by atoms with Gasteiger partial charge in [-0.2, -0.15) is 0 Å². The topological polar surface area (TPSA) is 84.7 Å². The minimum absolute atomic E-state index is 0.0620. The van der Waals surface area contributed by atoms with Gasteiger partial charge in [-0.1, -0.05) is 0 Å². The lowest BCUT2D eigenvalue weighted by Crippen LogP contribution is -2.46. The Morgan fingerprint density at radius 1 is 1.50 bits per heavy atom. The van der Waals surface area contributed by atoms with Crippen LogP contribution < -0.4 is 15.0 Å². The summed E-state index contributed by atoms with van der Waals surface area (Å²) in [5.41, 5.74) is 0.480. The molecule has 0 aromatic heterocycles. The first kappa shape index (κ1) is 12.2. The molecule has 0 unspecified atom stereocenters. The van der Waals surface area contributed by atoms with Crippen molar-refractivity contribution in [2.24, 2.45) is 0 Å². The molecule has 2 amide bonds. The van der Waals surface area contributed by atoms with Gasteiger partial charge in [0.2, 0.25) is 0 Å². The molecule has 7 nitrogen and oxygen atoms in total. The van der Waals surface area contributed by atoms with Crippen LogP contribution in [-0.2, 0) is 0 Å². The number of non-ortho nitro benzene ring substituents is 1. The van der Waals surface area contributed by atoms with Gasteiger partial charge in [0, 0.05) is 19.2 Å². The second-order valence-electron chi connectivity index (χ2n) is 3.85. The predicted molar refractivity (Wildman–Crippen MR) is 65.0 cm³/mol. The Morgan fingerprint density at radius 3 is 2.89 bits per heavy atom. The lowest BCUT2D eigenvalue weighted by molar-refractivity contribution is -0.384. The van der Waals surface area contributed by atoms with Gasteiger partial charge in [-0.15, -0.1) is 0 Å². The van der Waals surface area contributed by atoms with Gasteiger partial charge in [0.25, 0.3) is 5.69 Å². The van der Waals surface area contributed by atoms with Gasteiger partial charge >= 0.3 is 6.03 Å². The van der Waals surface area contributed by atoms with Crippen LogP contribution in [0.25, 0.3) is 0 Å². The van der Waals surface area contributed by atoms with E-state index in [2.05, 4.69) is 5.32 Å². The van der Waals surface area contributed by atoms with E-state index < -0.39 is 4.92 Å². The standard InChI is InChI=1S/C11H13N3O4/c1-18-10-7-8(14(16)17)3-4-9(10)13-6-2-5-12-11(13)15/h3-4,7H,2,5-6H2,1H3,(H,12,15). The van der Waals surface area contributed by atoms with Crippen LogP contribution in [0.15, 0.2) is 18.2 Å². The smallest absolute Gasteiger partial charge is 0.321 e. The summed E-state index contributed by atoms with van der Waals surface area (Å²) in [7, 11) is 1.42. The number of hydrogen-bond donors (Lipinski definition) is 1. The number of nitrogens with one attached hydrogen (secondary N) is 1. The number of carbonyl (C=O) groups excluding carboxylic acids is 1. The molecule has 1 fully saturated rings. The van der Waals surface area contributed by atoms with E-state index >= 15 is 0 Å². The molecule has 1 aromatic rings. The molecule has 1 aliphatic rings. The van der Waals surface area contributed by atoms with Crippen molar-refractivity contribution in [1.82, 2.24) is 5.32 Å². The van der Waals surface area contributed by atoms with Crippen LogP contribution in [-0.4, -0.2) is 31.2 Å². The first-order chi connectivity index (χ1) is 8.63. The number of amides is 2. The third kappa shape index (κ3) is 2.20. The lowest BCUT2D eigenvalue weighted by Gasteiger charge is -2.28. The Balaban J connectivity index is 2.37. The van der Waals surface area contributed by atoms with Gasteiger partial charge in [0.1, 0.15) is 5.75 Å². The molecule has 0 bridgehead atoms. The number of benzene rings is 1. The molecule has 0 aliphatic carbocycles. The van der Waals surface area contributed by atoms with Crippen molar-refractivity contribution in [2.75, 3.05) is 25.1 Å². The van der Waals surface area contributed by atoms with Gasteiger partial charge in [0.15, 0.2) is 0 Å². The minimum atomic E-state index is -0.497. The van der Waals surface area contributed by atoms with E-state index in [0.29, 0.717) is 24.5 Å². The van der Waals surface area contributed by atoms with Crippen LogP contribution in [0.4, 0.5) is 16.2 Å². The Kier molecular flexibility index (Phi) is 3.31. The number of nitrogens with zero attached hydrogens (tertiary/aromatic N) is 2. The van der Waals surface area contributed by atoms with Crippen molar-refractivity contribution in [3.8, 4) is 5.75 Å². The lowest BCUT2D eigenvalue weighted by atomic mass is 10.2. The largest absolute Gasteiger partial charge is 0.494 e. The first-order valence-corrected chi connectivity index (χ1v) is 5.51. The highest BCUT2D eigenvalue weighted by molar-refractivity contribution is 5.94. The molecule has 1 N–H and O–H groups in total. The Labute approximate surface area is 103 Å². The van der Waals surface area contributed by atoms with Crippen LogP contribution in [0.1, 0.15) is 6.42 Å². The summed E-state index contributed by atoms with van der Waals surface area (Å²) in [6.07, 6.45) is 0.825. The molecule has 18 heavy (non-hydrogen) atoms. The molecule has 1 aliphatic heterocycles. The summed E-state index contributed by atoms with van der Waals surface area (Å²) in [4.78, 5) is 23.4. The average Bonchev–Trinajstić information content (AvgIpc) is 2.38. The monoisotopic (exact) mass is 251 g/mol. The highest BCUT2D eigenvalue weighted by Crippen LogP contribution is 2.32. The molecule has 1 heterocycles. The van der Waals surface area contributed by atoms with Crippen LogP contribution >= 0.6 is 0 Å². The molecular weight excluding hydrogens is 238 g/mol. The van der Waals surface area contributed by atoms with Crippen LogP contribution in [0.5, 0.6) is 5.75 Å². The first-order valence-electron chi connectivity index (χ1n) is 5.51. The van der Waals surface area contributed by atoms with Crippen LogP contribution in [0, 0.1) is 10.1 Å². The molecule has 2 rings (SSSR count). The fraction of sp³-hybridized carbons (Fsp3) is 0.364. The highest BCUT2D eigenvalue weighted by atomic mass is 16.6. The van der Waals surface area contributed by atoms with E-state index in [1.165, 1.54) is 30.2 Å². The number of hydrogen-bond acceptors (Lipinski definition) is 4. The summed E-state index contributed by atoms with van der Waals surface area (Å²) < 4.78 is 5.11. The highest BCUT2D eigenvalue weighted by Gasteiger charge is 2.23. The van der Waals surface area contributed by atoms with Gasteiger partial charge in [-0.25, -0.2) is 4.79 Å². The zero-order chi connectivity index (χ0) is 13.1. The van der Waals surface area contributed by atoms with E-state index in [4.69, 9.17) is 4.74 Å². The number of rotatable bonds is 3. The van der Waals surface area contributed by atoms with Gasteiger partial charge in [-0.05, 0) is 12.5 Å². The van der Waals surface area contributed by atoms with E-state index in [-0.39, 0.29) is 11.7 Å². The van der Waals surface area contributed by atoms with E-state index in [1.54, 1.807) is 0 Å². The molecule has 0 atom stereocenters. The SMILES string of the molecule is COc1cc([N+](=O)[O-])ccc1N1CCCNC1=O. The summed E-state index contributed by atoms with van der Waals surface area (Å²) in [5, 5.41) is 13.4. The van der Waals surface area contributed by atoms with Gasteiger partial charge < -0.3 is 10.1 Å². The summed E-state index contributed by atoms with van der Waals surface area (Å²) in [6.45, 7) is 1.21. The van der Waals surface area contributed by atoms with Crippen molar-refractivity contribution in [1.29, 1.82) is 0 Å². The van der Waals surface area contributed by atoms with Crippen molar-refractivity contribution in [2.45, 2.75) is 6.42 Å². The Bertz CT molecular complexity index is 489. The average molecular weight is 251 g/mol. The number of methoxy groups -OCH3 is 1. The van der Waals surface area contributed by atoms with Crippen molar-refractivity contribution in [3.63, 3.8) is 0 Å². The van der Waals surface area contributed by atoms with Gasteiger partial charge in [0.05, 0.1) is 23.8 Å². The van der Waals surface area contributed by atoms with Crippen LogP contribution in [0.3, 0.4) is 0 Å². The van der Waals surface area contributed by atoms with Crippen molar-refractivity contribution >= 4 is 17.4 Å². The fourth-order valence-electron chi connectivity index (χ4n) is 1.86. The van der Waals surface area contributed by atoms with E-state index in [9.17, 15) is 14.9 Å². The third-order valence-corrected chi connectivity index (χ3v) is 2.74. The van der Waals surface area contributed by atoms with E-state index in [1.807, 2.05) is 0 Å². The molecule has 0 radical (unpaired) electrons. The van der Waals surface area contributed by atoms with Crippen LogP contribution in [0.2, 0.25) is 0 Å². The van der Waals surface area contributed by atoms with Gasteiger partial charge in [-0.3, -0.25) is 15.0 Å². The second-order valence-corrected chi connectivity index (χ2v) is 3.85. The Hall–Kier alpha value is -2.31. The van der Waals surface area contributed by atoms with E-state index in [0.717, 1.165) is 6.42 Å². The molecule has 1 saturated heterocycles. The fourth-order valence-corrected chi connectivity index (χ4v) is 1.86. The summed E-state index contributed by atoms with van der Waals surface area (Å²) >= 11 is 0. The number of urea groups is 1.